The Morgan fingerprint density at radius 1 is 1.45 bits per heavy atom. The van der Waals surface area contributed by atoms with Gasteiger partial charge in [-0.1, -0.05) is 13.8 Å². The molecule has 20 heavy (non-hydrogen) atoms. The minimum atomic E-state index is -0.555. The summed E-state index contributed by atoms with van der Waals surface area (Å²) in [5.74, 6) is -0.00641. The molecule has 116 valence electrons. The van der Waals surface area contributed by atoms with Crippen molar-refractivity contribution in [3.8, 4) is 0 Å². The number of Topliss-reactive ketones (excluding diaryl/α,β-unsaturated/α-hetero) is 1. The summed E-state index contributed by atoms with van der Waals surface area (Å²) in [6, 6.07) is -0.330. The SMILES string of the molecule is COCC(NC(=O)OC(C)(C)C)C1CCC(C)(C)C1=O. The summed E-state index contributed by atoms with van der Waals surface area (Å²) in [5, 5.41) is 2.78. The smallest absolute Gasteiger partial charge is 0.407 e. The number of ketones is 1. The molecule has 1 fully saturated rings. The molecule has 0 aromatic carbocycles. The molecule has 5 heteroatoms. The topological polar surface area (TPSA) is 64.6 Å². The van der Waals surface area contributed by atoms with Crippen LogP contribution < -0.4 is 5.32 Å². The van der Waals surface area contributed by atoms with Crippen LogP contribution in [0.25, 0.3) is 0 Å². The molecule has 1 N–H and O–H groups in total. The first-order valence-corrected chi connectivity index (χ1v) is 7.09. The Morgan fingerprint density at radius 3 is 2.45 bits per heavy atom. The maximum Gasteiger partial charge on any atom is 0.407 e. The Bertz CT molecular complexity index is 371. The zero-order valence-corrected chi connectivity index (χ0v) is 13.4. The molecule has 0 bridgehead atoms. The van der Waals surface area contributed by atoms with Gasteiger partial charge in [0.1, 0.15) is 11.4 Å². The van der Waals surface area contributed by atoms with E-state index >= 15 is 0 Å². The number of alkyl carbamates (subject to hydrolysis) is 1. The molecule has 1 aliphatic rings. The zero-order valence-electron chi connectivity index (χ0n) is 13.4. The fraction of sp³-hybridized carbons (Fsp3) is 0.867. The molecule has 0 heterocycles. The molecule has 0 aromatic heterocycles. The zero-order chi connectivity index (χ0) is 15.6. The first-order chi connectivity index (χ1) is 9.07. The Hall–Kier alpha value is -1.10. The van der Waals surface area contributed by atoms with E-state index in [4.69, 9.17) is 9.47 Å². The summed E-state index contributed by atoms with van der Waals surface area (Å²) >= 11 is 0. The number of rotatable bonds is 4. The van der Waals surface area contributed by atoms with Gasteiger partial charge in [-0.05, 0) is 33.6 Å². The van der Waals surface area contributed by atoms with Gasteiger partial charge in [-0.25, -0.2) is 4.79 Å². The molecular weight excluding hydrogens is 258 g/mol. The number of carbonyl (C=O) groups is 2. The first-order valence-electron chi connectivity index (χ1n) is 7.09. The predicted octanol–water partition coefficient (Wildman–Crippen LogP) is 2.53. The molecule has 1 saturated carbocycles. The number of hydrogen-bond donors (Lipinski definition) is 1. The third-order valence-corrected chi connectivity index (χ3v) is 3.62. The molecule has 0 aromatic rings. The van der Waals surface area contributed by atoms with Crippen LogP contribution in [0.2, 0.25) is 0 Å². The highest BCUT2D eigenvalue weighted by molar-refractivity contribution is 5.89. The number of methoxy groups -OCH3 is 1. The van der Waals surface area contributed by atoms with E-state index in [2.05, 4.69) is 5.32 Å². The van der Waals surface area contributed by atoms with Gasteiger partial charge < -0.3 is 14.8 Å². The fourth-order valence-corrected chi connectivity index (χ4v) is 2.55. The van der Waals surface area contributed by atoms with E-state index in [1.807, 2.05) is 34.6 Å². The maximum absolute atomic E-state index is 12.4. The molecule has 0 saturated heterocycles. The van der Waals surface area contributed by atoms with Gasteiger partial charge in [0.2, 0.25) is 0 Å². The van der Waals surface area contributed by atoms with Gasteiger partial charge in [0, 0.05) is 18.4 Å². The van der Waals surface area contributed by atoms with Gasteiger partial charge in [0.25, 0.3) is 0 Å². The van der Waals surface area contributed by atoms with E-state index in [9.17, 15) is 9.59 Å². The number of ether oxygens (including phenoxy) is 2. The summed E-state index contributed by atoms with van der Waals surface area (Å²) in [6.07, 6.45) is 1.11. The van der Waals surface area contributed by atoms with Gasteiger partial charge in [0.05, 0.1) is 12.6 Å². The van der Waals surface area contributed by atoms with Crippen LogP contribution in [0.5, 0.6) is 0 Å². The van der Waals surface area contributed by atoms with Gasteiger partial charge in [-0.3, -0.25) is 4.79 Å². The van der Waals surface area contributed by atoms with E-state index in [0.717, 1.165) is 12.8 Å². The highest BCUT2D eigenvalue weighted by atomic mass is 16.6. The van der Waals surface area contributed by atoms with Crippen LogP contribution in [0, 0.1) is 11.3 Å². The maximum atomic E-state index is 12.4. The summed E-state index contributed by atoms with van der Waals surface area (Å²) in [4.78, 5) is 24.2. The summed E-state index contributed by atoms with van der Waals surface area (Å²) in [5.41, 5.74) is -0.868. The van der Waals surface area contributed by atoms with Crippen LogP contribution in [0.1, 0.15) is 47.5 Å². The Balaban J connectivity index is 2.71. The van der Waals surface area contributed by atoms with Gasteiger partial charge in [-0.15, -0.1) is 0 Å². The van der Waals surface area contributed by atoms with Crippen molar-refractivity contribution in [1.29, 1.82) is 0 Å². The monoisotopic (exact) mass is 285 g/mol. The van der Waals surface area contributed by atoms with Crippen LogP contribution >= 0.6 is 0 Å². The molecule has 0 radical (unpaired) electrons. The number of carbonyl (C=O) groups excluding carboxylic acids is 2. The van der Waals surface area contributed by atoms with Crippen LogP contribution in [0.15, 0.2) is 0 Å². The summed E-state index contributed by atoms with van der Waals surface area (Å²) < 4.78 is 10.4. The molecule has 1 rings (SSSR count). The molecule has 2 unspecified atom stereocenters. The minimum Gasteiger partial charge on any atom is -0.444 e. The van der Waals surface area contributed by atoms with Crippen molar-refractivity contribution in [2.24, 2.45) is 11.3 Å². The minimum absolute atomic E-state index is 0.190. The standard InChI is InChI=1S/C15H27NO4/c1-14(2,3)20-13(18)16-11(9-19-6)10-7-8-15(4,5)12(10)17/h10-11H,7-9H2,1-6H3,(H,16,18). The van der Waals surface area contributed by atoms with E-state index < -0.39 is 11.7 Å². The highest BCUT2D eigenvalue weighted by Crippen LogP contribution is 2.39. The van der Waals surface area contributed by atoms with Crippen LogP contribution in [-0.4, -0.2) is 37.2 Å². The van der Waals surface area contributed by atoms with Gasteiger partial charge in [0.15, 0.2) is 0 Å². The van der Waals surface area contributed by atoms with E-state index in [1.54, 1.807) is 7.11 Å². The van der Waals surface area contributed by atoms with E-state index in [0.29, 0.717) is 6.61 Å². The van der Waals surface area contributed by atoms with E-state index in [-0.39, 0.29) is 23.2 Å². The van der Waals surface area contributed by atoms with Gasteiger partial charge >= 0.3 is 6.09 Å². The average molecular weight is 285 g/mol. The lowest BCUT2D eigenvalue weighted by atomic mass is 9.87. The molecular formula is C15H27NO4. The van der Waals surface area contributed by atoms with Crippen molar-refractivity contribution >= 4 is 11.9 Å². The van der Waals surface area contributed by atoms with Crippen molar-refractivity contribution < 1.29 is 19.1 Å². The van der Waals surface area contributed by atoms with Gasteiger partial charge in [-0.2, -0.15) is 0 Å². The molecule has 0 spiro atoms. The van der Waals surface area contributed by atoms with Crippen LogP contribution in [-0.2, 0) is 14.3 Å². The third-order valence-electron chi connectivity index (χ3n) is 3.62. The third kappa shape index (κ3) is 4.47. The van der Waals surface area contributed by atoms with Crippen molar-refractivity contribution in [3.63, 3.8) is 0 Å². The van der Waals surface area contributed by atoms with Crippen LogP contribution in [0.3, 0.4) is 0 Å². The lowest BCUT2D eigenvalue weighted by Gasteiger charge is -2.27. The van der Waals surface area contributed by atoms with Crippen LogP contribution in [0.4, 0.5) is 4.79 Å². The highest BCUT2D eigenvalue weighted by Gasteiger charge is 2.44. The predicted molar refractivity (Wildman–Crippen MR) is 76.5 cm³/mol. The number of hydrogen-bond acceptors (Lipinski definition) is 4. The second-order valence-corrected chi connectivity index (χ2v) is 7.10. The lowest BCUT2D eigenvalue weighted by molar-refractivity contribution is -0.128. The molecule has 2 atom stereocenters. The van der Waals surface area contributed by atoms with Crippen molar-refractivity contribution in [2.75, 3.05) is 13.7 Å². The number of nitrogens with one attached hydrogen (secondary N) is 1. The Kier molecular flexibility index (Phi) is 5.19. The van der Waals surface area contributed by atoms with Crippen molar-refractivity contribution in [1.82, 2.24) is 5.32 Å². The molecule has 5 nitrogen and oxygen atoms in total. The second-order valence-electron chi connectivity index (χ2n) is 7.10. The van der Waals surface area contributed by atoms with Crippen molar-refractivity contribution in [3.05, 3.63) is 0 Å². The van der Waals surface area contributed by atoms with E-state index in [1.165, 1.54) is 0 Å². The normalized spacial score (nSPS) is 23.5. The Labute approximate surface area is 121 Å². The lowest BCUT2D eigenvalue weighted by Crippen LogP contribution is -2.47. The number of amides is 1. The molecule has 0 aliphatic heterocycles. The summed E-state index contributed by atoms with van der Waals surface area (Å²) in [6.45, 7) is 9.64. The quantitative estimate of drug-likeness (QED) is 0.862. The molecule has 1 aliphatic carbocycles. The average Bonchev–Trinajstić information content (AvgIpc) is 2.51. The molecule has 1 amide bonds. The van der Waals surface area contributed by atoms with Crippen molar-refractivity contribution in [2.45, 2.75) is 59.1 Å². The first kappa shape index (κ1) is 17.0. The fourth-order valence-electron chi connectivity index (χ4n) is 2.55. The second kappa shape index (κ2) is 6.12. The summed E-state index contributed by atoms with van der Waals surface area (Å²) in [7, 11) is 1.56. The Morgan fingerprint density at radius 2 is 2.05 bits per heavy atom. The largest absolute Gasteiger partial charge is 0.444 e.